The first-order valence-corrected chi connectivity index (χ1v) is 6.77. The maximum atomic E-state index is 11.9. The predicted octanol–water partition coefficient (Wildman–Crippen LogP) is 3.49. The molecule has 1 aromatic heterocycles. The Labute approximate surface area is 129 Å². The van der Waals surface area contributed by atoms with Crippen molar-refractivity contribution in [2.45, 2.75) is 6.92 Å². The van der Waals surface area contributed by atoms with Gasteiger partial charge in [0.05, 0.1) is 17.4 Å². The molecule has 0 atom stereocenters. The molecule has 2 rings (SSSR count). The number of pyridine rings is 1. The topological polar surface area (TPSA) is 91.3 Å². The number of carbonyl (C=O) groups excluding carboxylic acids is 1. The van der Waals surface area contributed by atoms with Gasteiger partial charge in [0.2, 0.25) is 0 Å². The first kappa shape index (κ1) is 15.0. The molecule has 0 radical (unpaired) electrons. The second kappa shape index (κ2) is 6.36. The first-order chi connectivity index (χ1) is 9.95. The van der Waals surface area contributed by atoms with Crippen molar-refractivity contribution in [3.8, 4) is 0 Å². The number of benzene rings is 1. The summed E-state index contributed by atoms with van der Waals surface area (Å²) in [6, 6.07) is 6.33. The van der Waals surface area contributed by atoms with Crippen molar-refractivity contribution in [3.05, 3.63) is 52.3 Å². The number of carboxylic acid groups (broad SMARTS) is 1. The van der Waals surface area contributed by atoms with Crippen LogP contribution in [0.15, 0.2) is 41.1 Å². The molecule has 0 aliphatic rings. The fourth-order valence-corrected chi connectivity index (χ4v) is 2.15. The number of halogens is 1. The zero-order valence-electron chi connectivity index (χ0n) is 11.1. The van der Waals surface area contributed by atoms with Gasteiger partial charge in [-0.2, -0.15) is 0 Å². The second-order valence-electron chi connectivity index (χ2n) is 4.31. The summed E-state index contributed by atoms with van der Waals surface area (Å²) in [6.07, 6.45) is 2.59. The molecule has 0 fully saturated rings. The van der Waals surface area contributed by atoms with Crippen molar-refractivity contribution in [1.29, 1.82) is 0 Å². The van der Waals surface area contributed by atoms with Gasteiger partial charge in [0, 0.05) is 16.4 Å². The average molecular weight is 350 g/mol. The maximum Gasteiger partial charge on any atom is 0.337 e. The predicted molar refractivity (Wildman–Crippen MR) is 82.7 cm³/mol. The fourth-order valence-electron chi connectivity index (χ4n) is 1.68. The van der Waals surface area contributed by atoms with Crippen molar-refractivity contribution >= 4 is 39.3 Å². The molecule has 7 heteroatoms. The lowest BCUT2D eigenvalue weighted by atomic mass is 10.2. The van der Waals surface area contributed by atoms with Gasteiger partial charge in [-0.1, -0.05) is 15.9 Å². The van der Waals surface area contributed by atoms with Gasteiger partial charge in [0.25, 0.3) is 0 Å². The van der Waals surface area contributed by atoms with E-state index >= 15 is 0 Å². The molecule has 0 aliphatic heterocycles. The number of nitrogens with one attached hydrogen (secondary N) is 2. The molecule has 0 saturated carbocycles. The van der Waals surface area contributed by atoms with Gasteiger partial charge in [0.1, 0.15) is 0 Å². The minimum absolute atomic E-state index is 0.00706. The molecule has 1 aromatic carbocycles. The van der Waals surface area contributed by atoms with Crippen molar-refractivity contribution in [3.63, 3.8) is 0 Å². The molecule has 0 bridgehead atoms. The third kappa shape index (κ3) is 4.03. The third-order valence-electron chi connectivity index (χ3n) is 2.68. The number of aromatic carboxylic acids is 1. The van der Waals surface area contributed by atoms with Crippen LogP contribution < -0.4 is 10.6 Å². The van der Waals surface area contributed by atoms with Crippen molar-refractivity contribution < 1.29 is 14.7 Å². The van der Waals surface area contributed by atoms with Crippen LogP contribution in [0.3, 0.4) is 0 Å². The summed E-state index contributed by atoms with van der Waals surface area (Å²) in [5, 5.41) is 14.1. The zero-order chi connectivity index (χ0) is 15.4. The minimum atomic E-state index is -1.10. The van der Waals surface area contributed by atoms with E-state index in [1.807, 2.05) is 19.1 Å². The van der Waals surface area contributed by atoms with Crippen molar-refractivity contribution in [2.24, 2.45) is 0 Å². The maximum absolute atomic E-state index is 11.9. The normalized spacial score (nSPS) is 10.0. The highest BCUT2D eigenvalue weighted by Gasteiger charge is 2.08. The second-order valence-corrected chi connectivity index (χ2v) is 5.22. The van der Waals surface area contributed by atoms with Crippen LogP contribution in [-0.2, 0) is 0 Å². The van der Waals surface area contributed by atoms with Gasteiger partial charge in [-0.05, 0) is 36.8 Å². The molecule has 108 valence electrons. The van der Waals surface area contributed by atoms with Crippen LogP contribution in [0.2, 0.25) is 0 Å². The summed E-state index contributed by atoms with van der Waals surface area (Å²) < 4.78 is 0.921. The lowest BCUT2D eigenvalue weighted by Gasteiger charge is -2.10. The van der Waals surface area contributed by atoms with Crippen LogP contribution >= 0.6 is 15.9 Å². The Morgan fingerprint density at radius 2 is 1.95 bits per heavy atom. The summed E-state index contributed by atoms with van der Waals surface area (Å²) in [6.45, 7) is 1.87. The Balaban J connectivity index is 2.08. The van der Waals surface area contributed by atoms with Crippen molar-refractivity contribution in [2.75, 3.05) is 10.6 Å². The Morgan fingerprint density at radius 3 is 2.62 bits per heavy atom. The average Bonchev–Trinajstić information content (AvgIpc) is 2.42. The van der Waals surface area contributed by atoms with E-state index in [0.717, 1.165) is 10.0 Å². The van der Waals surface area contributed by atoms with Crippen LogP contribution in [0.25, 0.3) is 0 Å². The summed E-state index contributed by atoms with van der Waals surface area (Å²) in [5.41, 5.74) is 1.88. The molecule has 0 aliphatic carbocycles. The van der Waals surface area contributed by atoms with Gasteiger partial charge in [0.15, 0.2) is 0 Å². The summed E-state index contributed by atoms with van der Waals surface area (Å²) >= 11 is 3.35. The van der Waals surface area contributed by atoms with Crippen LogP contribution in [0.1, 0.15) is 15.9 Å². The number of aromatic nitrogens is 1. The molecule has 3 N–H and O–H groups in total. The number of nitrogens with zero attached hydrogens (tertiary/aromatic N) is 1. The quantitative estimate of drug-likeness (QED) is 0.790. The number of hydrogen-bond donors (Lipinski definition) is 3. The molecule has 0 unspecified atom stereocenters. The minimum Gasteiger partial charge on any atom is -0.478 e. The van der Waals surface area contributed by atoms with E-state index < -0.39 is 12.0 Å². The molecule has 2 aromatic rings. The van der Waals surface area contributed by atoms with Gasteiger partial charge in [-0.3, -0.25) is 4.98 Å². The summed E-state index contributed by atoms with van der Waals surface area (Å²) in [7, 11) is 0. The van der Waals surface area contributed by atoms with Crippen LogP contribution in [0, 0.1) is 6.92 Å². The highest BCUT2D eigenvalue weighted by atomic mass is 79.9. The standard InChI is InChI=1S/C14H12BrN3O3/c1-8-4-10(15)2-3-12(8)18-14(21)17-11-5-9(13(19)20)6-16-7-11/h2-7H,1H3,(H,19,20)(H2,17,18,21). The van der Waals surface area contributed by atoms with E-state index in [9.17, 15) is 9.59 Å². The molecule has 6 nitrogen and oxygen atoms in total. The van der Waals surface area contributed by atoms with Crippen LogP contribution in [0.4, 0.5) is 16.2 Å². The smallest absolute Gasteiger partial charge is 0.337 e. The Morgan fingerprint density at radius 1 is 1.19 bits per heavy atom. The number of carboxylic acids is 1. The molecule has 2 amide bonds. The van der Waals surface area contributed by atoms with E-state index in [1.165, 1.54) is 18.5 Å². The highest BCUT2D eigenvalue weighted by Crippen LogP contribution is 2.20. The molecule has 1 heterocycles. The highest BCUT2D eigenvalue weighted by molar-refractivity contribution is 9.10. The summed E-state index contributed by atoms with van der Waals surface area (Å²) in [5.74, 6) is -1.10. The molecular formula is C14H12BrN3O3. The summed E-state index contributed by atoms with van der Waals surface area (Å²) in [4.78, 5) is 26.5. The van der Waals surface area contributed by atoms with Crippen LogP contribution in [0.5, 0.6) is 0 Å². The molecule has 21 heavy (non-hydrogen) atoms. The Kier molecular flexibility index (Phi) is 4.54. The Bertz CT molecular complexity index is 704. The largest absolute Gasteiger partial charge is 0.478 e. The van der Waals surface area contributed by atoms with Crippen LogP contribution in [-0.4, -0.2) is 22.1 Å². The third-order valence-corrected chi connectivity index (χ3v) is 3.17. The number of carbonyl (C=O) groups is 2. The van der Waals surface area contributed by atoms with E-state index in [1.54, 1.807) is 6.07 Å². The van der Waals surface area contributed by atoms with E-state index in [-0.39, 0.29) is 5.56 Å². The lowest BCUT2D eigenvalue weighted by molar-refractivity contribution is 0.0696. The van der Waals surface area contributed by atoms with Gasteiger partial charge >= 0.3 is 12.0 Å². The molecule has 0 spiro atoms. The van der Waals surface area contributed by atoms with E-state index in [4.69, 9.17) is 5.11 Å². The number of hydrogen-bond acceptors (Lipinski definition) is 3. The first-order valence-electron chi connectivity index (χ1n) is 5.98. The molecule has 0 saturated heterocycles. The number of urea groups is 1. The van der Waals surface area contributed by atoms with E-state index in [0.29, 0.717) is 11.4 Å². The van der Waals surface area contributed by atoms with Gasteiger partial charge < -0.3 is 15.7 Å². The Hall–Kier alpha value is -2.41. The SMILES string of the molecule is Cc1cc(Br)ccc1NC(=O)Nc1cncc(C(=O)O)c1. The monoisotopic (exact) mass is 349 g/mol. The van der Waals surface area contributed by atoms with Crippen molar-refractivity contribution in [1.82, 2.24) is 4.98 Å². The fraction of sp³-hybridized carbons (Fsp3) is 0.0714. The number of rotatable bonds is 3. The molecular weight excluding hydrogens is 338 g/mol. The number of aryl methyl sites for hydroxylation is 1. The van der Waals surface area contributed by atoms with Gasteiger partial charge in [-0.15, -0.1) is 0 Å². The number of anilines is 2. The zero-order valence-corrected chi connectivity index (χ0v) is 12.6. The number of amides is 2. The lowest BCUT2D eigenvalue weighted by Crippen LogP contribution is -2.20. The van der Waals surface area contributed by atoms with Gasteiger partial charge in [-0.25, -0.2) is 9.59 Å². The van der Waals surface area contributed by atoms with E-state index in [2.05, 4.69) is 31.5 Å².